The smallest absolute Gasteiger partial charge is 0.115 e. The molecule has 1 aliphatic rings. The summed E-state index contributed by atoms with van der Waals surface area (Å²) in [4.78, 5) is 2.44. The molecular weight excluding hydrogens is 210 g/mol. The number of phenols is 1. The molecule has 1 atom stereocenters. The van der Waals surface area contributed by atoms with Gasteiger partial charge in [0, 0.05) is 0 Å². The van der Waals surface area contributed by atoms with E-state index in [0.717, 1.165) is 12.3 Å². The number of hydrogen-bond donors (Lipinski definition) is 1. The van der Waals surface area contributed by atoms with Crippen molar-refractivity contribution < 1.29 is 5.11 Å². The molecule has 0 radical (unpaired) electrons. The highest BCUT2D eigenvalue weighted by Crippen LogP contribution is 2.22. The molecule has 2 rings (SSSR count). The van der Waals surface area contributed by atoms with E-state index >= 15 is 0 Å². The van der Waals surface area contributed by atoms with Crippen LogP contribution in [-0.4, -0.2) is 30.1 Å². The summed E-state index contributed by atoms with van der Waals surface area (Å²) in [5.74, 6) is 1.25. The lowest BCUT2D eigenvalue weighted by atomic mass is 9.93. The van der Waals surface area contributed by atoms with Crippen LogP contribution in [0.4, 0.5) is 0 Å². The van der Waals surface area contributed by atoms with Gasteiger partial charge in [-0.1, -0.05) is 12.1 Å². The highest BCUT2D eigenvalue weighted by atomic mass is 16.3. The zero-order chi connectivity index (χ0) is 12.1. The first-order chi connectivity index (χ1) is 8.24. The van der Waals surface area contributed by atoms with Crippen LogP contribution < -0.4 is 0 Å². The molecule has 2 heteroatoms. The van der Waals surface area contributed by atoms with Crippen LogP contribution in [0.1, 0.15) is 31.2 Å². The van der Waals surface area contributed by atoms with Crippen molar-refractivity contribution in [1.29, 1.82) is 0 Å². The van der Waals surface area contributed by atoms with Crippen LogP contribution in [0.15, 0.2) is 24.3 Å². The molecule has 0 spiro atoms. The molecule has 1 unspecified atom stereocenters. The quantitative estimate of drug-likeness (QED) is 0.867. The maximum atomic E-state index is 9.42. The summed E-state index contributed by atoms with van der Waals surface area (Å²) in [5, 5.41) is 9.42. The molecule has 94 valence electrons. The SMILES string of the molecule is CN1CCCC(CCc2cccc(O)c2)CC1. The lowest BCUT2D eigenvalue weighted by Crippen LogP contribution is -2.18. The summed E-state index contributed by atoms with van der Waals surface area (Å²) in [6.45, 7) is 2.49. The first kappa shape index (κ1) is 12.4. The first-order valence-electron chi connectivity index (χ1n) is 6.70. The molecule has 1 heterocycles. The second-order valence-electron chi connectivity index (χ2n) is 5.31. The van der Waals surface area contributed by atoms with Crippen molar-refractivity contribution >= 4 is 0 Å². The number of aromatic hydroxyl groups is 1. The molecule has 1 fully saturated rings. The number of nitrogens with zero attached hydrogens (tertiary/aromatic N) is 1. The Hall–Kier alpha value is -1.02. The number of aryl methyl sites for hydroxylation is 1. The van der Waals surface area contributed by atoms with E-state index in [2.05, 4.69) is 18.0 Å². The van der Waals surface area contributed by atoms with Gasteiger partial charge in [0.2, 0.25) is 0 Å². The van der Waals surface area contributed by atoms with Gasteiger partial charge in [-0.25, -0.2) is 0 Å². The van der Waals surface area contributed by atoms with Crippen LogP contribution in [0, 0.1) is 5.92 Å². The number of rotatable bonds is 3. The fraction of sp³-hybridized carbons (Fsp3) is 0.600. The predicted molar refractivity (Wildman–Crippen MR) is 71.3 cm³/mol. The molecule has 0 aliphatic carbocycles. The Bertz CT molecular complexity index is 351. The molecule has 1 aromatic rings. The average Bonchev–Trinajstić information content (AvgIpc) is 2.52. The Kier molecular flexibility index (Phi) is 4.43. The van der Waals surface area contributed by atoms with Crippen LogP contribution in [0.2, 0.25) is 0 Å². The van der Waals surface area contributed by atoms with Gasteiger partial charge in [-0.15, -0.1) is 0 Å². The average molecular weight is 233 g/mol. The lowest BCUT2D eigenvalue weighted by Gasteiger charge is -2.14. The van der Waals surface area contributed by atoms with Gasteiger partial charge in [-0.05, 0) is 75.9 Å². The fourth-order valence-electron chi connectivity index (χ4n) is 2.68. The Morgan fingerprint density at radius 3 is 3.00 bits per heavy atom. The van der Waals surface area contributed by atoms with Crippen LogP contribution in [0.3, 0.4) is 0 Å². The van der Waals surface area contributed by atoms with Gasteiger partial charge in [0.15, 0.2) is 0 Å². The van der Waals surface area contributed by atoms with Gasteiger partial charge >= 0.3 is 0 Å². The molecule has 0 bridgehead atoms. The fourth-order valence-corrected chi connectivity index (χ4v) is 2.68. The van der Waals surface area contributed by atoms with Crippen molar-refractivity contribution in [1.82, 2.24) is 4.90 Å². The van der Waals surface area contributed by atoms with Gasteiger partial charge in [0.1, 0.15) is 5.75 Å². The molecular formula is C15H23NO. The maximum Gasteiger partial charge on any atom is 0.115 e. The Morgan fingerprint density at radius 2 is 2.18 bits per heavy atom. The summed E-state index contributed by atoms with van der Waals surface area (Å²) in [6.07, 6.45) is 6.39. The number of benzene rings is 1. The van der Waals surface area contributed by atoms with Crippen LogP contribution in [-0.2, 0) is 6.42 Å². The molecule has 1 aromatic carbocycles. The van der Waals surface area contributed by atoms with Gasteiger partial charge in [0.25, 0.3) is 0 Å². The number of likely N-dealkylation sites (tertiary alicyclic amines) is 1. The molecule has 0 saturated carbocycles. The minimum Gasteiger partial charge on any atom is -0.508 e. The van der Waals surface area contributed by atoms with Crippen molar-refractivity contribution in [2.45, 2.75) is 32.1 Å². The number of phenolic OH excluding ortho intramolecular Hbond substituents is 1. The highest BCUT2D eigenvalue weighted by Gasteiger charge is 2.14. The van der Waals surface area contributed by atoms with Crippen LogP contribution >= 0.6 is 0 Å². The van der Waals surface area contributed by atoms with E-state index in [4.69, 9.17) is 0 Å². The second kappa shape index (κ2) is 6.06. The van der Waals surface area contributed by atoms with E-state index in [1.54, 1.807) is 6.07 Å². The van der Waals surface area contributed by atoms with E-state index in [0.29, 0.717) is 5.75 Å². The van der Waals surface area contributed by atoms with Crippen molar-refractivity contribution in [2.75, 3.05) is 20.1 Å². The van der Waals surface area contributed by atoms with Crippen molar-refractivity contribution in [3.63, 3.8) is 0 Å². The Labute approximate surface area is 104 Å². The van der Waals surface area contributed by atoms with Crippen LogP contribution in [0.5, 0.6) is 5.75 Å². The summed E-state index contributed by atoms with van der Waals surface area (Å²) < 4.78 is 0. The summed E-state index contributed by atoms with van der Waals surface area (Å²) in [6, 6.07) is 7.68. The number of hydrogen-bond acceptors (Lipinski definition) is 2. The van der Waals surface area contributed by atoms with Gasteiger partial charge < -0.3 is 10.0 Å². The van der Waals surface area contributed by atoms with Crippen molar-refractivity contribution in [2.24, 2.45) is 5.92 Å². The third-order valence-corrected chi connectivity index (χ3v) is 3.82. The standard InChI is InChI=1S/C15H23NO/c1-16-10-3-5-13(9-11-16)7-8-14-4-2-6-15(17)12-14/h2,4,6,12-13,17H,3,5,7-11H2,1H3. The molecule has 0 amide bonds. The highest BCUT2D eigenvalue weighted by molar-refractivity contribution is 5.27. The molecule has 1 N–H and O–H groups in total. The van der Waals surface area contributed by atoms with Crippen LogP contribution in [0.25, 0.3) is 0 Å². The van der Waals surface area contributed by atoms with E-state index in [1.165, 1.54) is 44.3 Å². The van der Waals surface area contributed by atoms with E-state index in [-0.39, 0.29) is 0 Å². The zero-order valence-corrected chi connectivity index (χ0v) is 10.7. The van der Waals surface area contributed by atoms with E-state index in [1.807, 2.05) is 12.1 Å². The van der Waals surface area contributed by atoms with Gasteiger partial charge in [-0.3, -0.25) is 0 Å². The maximum absolute atomic E-state index is 9.42. The van der Waals surface area contributed by atoms with E-state index < -0.39 is 0 Å². The third kappa shape index (κ3) is 4.04. The van der Waals surface area contributed by atoms with E-state index in [9.17, 15) is 5.11 Å². The normalized spacial score (nSPS) is 22.3. The molecule has 1 saturated heterocycles. The third-order valence-electron chi connectivity index (χ3n) is 3.82. The molecule has 1 aliphatic heterocycles. The predicted octanol–water partition coefficient (Wildman–Crippen LogP) is 3.06. The summed E-state index contributed by atoms with van der Waals surface area (Å²) >= 11 is 0. The summed E-state index contributed by atoms with van der Waals surface area (Å²) in [5.41, 5.74) is 1.27. The van der Waals surface area contributed by atoms with Gasteiger partial charge in [0.05, 0.1) is 0 Å². The van der Waals surface area contributed by atoms with Crippen molar-refractivity contribution in [3.05, 3.63) is 29.8 Å². The molecule has 2 nitrogen and oxygen atoms in total. The minimum absolute atomic E-state index is 0.392. The zero-order valence-electron chi connectivity index (χ0n) is 10.7. The Balaban J connectivity index is 1.81. The lowest BCUT2D eigenvalue weighted by molar-refractivity contribution is 0.339. The topological polar surface area (TPSA) is 23.5 Å². The summed E-state index contributed by atoms with van der Waals surface area (Å²) in [7, 11) is 2.22. The van der Waals surface area contributed by atoms with Crippen molar-refractivity contribution in [3.8, 4) is 5.75 Å². The van der Waals surface area contributed by atoms with Gasteiger partial charge in [-0.2, -0.15) is 0 Å². The Morgan fingerprint density at radius 1 is 1.29 bits per heavy atom. The monoisotopic (exact) mass is 233 g/mol. The first-order valence-corrected chi connectivity index (χ1v) is 6.70. The minimum atomic E-state index is 0.392. The largest absolute Gasteiger partial charge is 0.508 e. The second-order valence-corrected chi connectivity index (χ2v) is 5.31. The molecule has 17 heavy (non-hydrogen) atoms. The molecule has 0 aromatic heterocycles.